The van der Waals surface area contributed by atoms with Gasteiger partial charge in [-0.2, -0.15) is 0 Å². The van der Waals surface area contributed by atoms with Gasteiger partial charge in [0, 0.05) is 17.3 Å². The van der Waals surface area contributed by atoms with Crippen molar-refractivity contribution in [1.29, 1.82) is 0 Å². The van der Waals surface area contributed by atoms with E-state index < -0.39 is 0 Å². The summed E-state index contributed by atoms with van der Waals surface area (Å²) in [6.45, 7) is 1.99. The number of nitrogens with zero attached hydrogens (tertiary/aromatic N) is 3. The van der Waals surface area contributed by atoms with E-state index in [1.54, 1.807) is 11.8 Å². The average Bonchev–Trinajstić information content (AvgIpc) is 2.96. The van der Waals surface area contributed by atoms with E-state index in [1.165, 1.54) is 5.56 Å². The standard InChI is InChI=1S/C18H18BrN3OS/c1-13(23-16-6-4-3-5-7-16)17-20-21-18(22(17)2)24-12-14-8-10-15(19)11-9-14/h3-11,13H,12H2,1-2H3/t13-/m1/s1. The Hall–Kier alpha value is -1.79. The van der Waals surface area contributed by atoms with Crippen molar-refractivity contribution < 1.29 is 4.74 Å². The maximum absolute atomic E-state index is 5.93. The molecule has 1 atom stereocenters. The lowest BCUT2D eigenvalue weighted by molar-refractivity contribution is 0.211. The molecule has 0 unspecified atom stereocenters. The minimum atomic E-state index is -0.160. The Labute approximate surface area is 154 Å². The fourth-order valence-electron chi connectivity index (χ4n) is 2.29. The third kappa shape index (κ3) is 4.19. The maximum Gasteiger partial charge on any atom is 0.191 e. The number of hydrogen-bond donors (Lipinski definition) is 0. The fourth-order valence-corrected chi connectivity index (χ4v) is 3.43. The third-order valence-electron chi connectivity index (χ3n) is 3.57. The predicted octanol–water partition coefficient (Wildman–Crippen LogP) is 5.01. The second-order valence-electron chi connectivity index (χ2n) is 5.39. The normalized spacial score (nSPS) is 12.1. The van der Waals surface area contributed by atoms with Crippen molar-refractivity contribution in [3.63, 3.8) is 0 Å². The van der Waals surface area contributed by atoms with E-state index in [9.17, 15) is 0 Å². The molecule has 0 radical (unpaired) electrons. The van der Waals surface area contributed by atoms with Crippen LogP contribution in [0.2, 0.25) is 0 Å². The zero-order chi connectivity index (χ0) is 16.9. The first kappa shape index (κ1) is 17.0. The molecular weight excluding hydrogens is 386 g/mol. The van der Waals surface area contributed by atoms with E-state index in [2.05, 4.69) is 38.3 Å². The highest BCUT2D eigenvalue weighted by Gasteiger charge is 2.17. The number of para-hydroxylation sites is 1. The number of rotatable bonds is 6. The van der Waals surface area contributed by atoms with Gasteiger partial charge < -0.3 is 9.30 Å². The Bertz CT molecular complexity index is 790. The molecule has 1 aromatic heterocycles. The summed E-state index contributed by atoms with van der Waals surface area (Å²) < 4.78 is 9.02. The lowest BCUT2D eigenvalue weighted by Gasteiger charge is -2.14. The zero-order valence-electron chi connectivity index (χ0n) is 13.5. The van der Waals surface area contributed by atoms with Crippen LogP contribution < -0.4 is 4.74 Å². The van der Waals surface area contributed by atoms with Crippen molar-refractivity contribution in [2.24, 2.45) is 7.05 Å². The van der Waals surface area contributed by atoms with Gasteiger partial charge in [-0.25, -0.2) is 0 Å². The second-order valence-corrected chi connectivity index (χ2v) is 7.25. The SMILES string of the molecule is C[C@@H](Oc1ccccc1)c1nnc(SCc2ccc(Br)cc2)n1C. The average molecular weight is 404 g/mol. The summed E-state index contributed by atoms with van der Waals surface area (Å²) in [4.78, 5) is 0. The Morgan fingerprint density at radius 2 is 1.79 bits per heavy atom. The summed E-state index contributed by atoms with van der Waals surface area (Å²) in [7, 11) is 1.98. The number of ether oxygens (including phenoxy) is 1. The van der Waals surface area contributed by atoms with Crippen LogP contribution in [0.3, 0.4) is 0 Å². The minimum absolute atomic E-state index is 0.160. The van der Waals surface area contributed by atoms with Crippen molar-refractivity contribution in [3.05, 3.63) is 70.5 Å². The summed E-state index contributed by atoms with van der Waals surface area (Å²) in [5.74, 6) is 2.50. The van der Waals surface area contributed by atoms with Gasteiger partial charge in [-0.15, -0.1) is 10.2 Å². The van der Waals surface area contributed by atoms with Gasteiger partial charge >= 0.3 is 0 Å². The van der Waals surface area contributed by atoms with Gasteiger partial charge in [-0.05, 0) is 36.8 Å². The maximum atomic E-state index is 5.93. The van der Waals surface area contributed by atoms with E-state index in [1.807, 2.05) is 61.0 Å². The fraction of sp³-hybridized carbons (Fsp3) is 0.222. The summed E-state index contributed by atoms with van der Waals surface area (Å²) in [6.07, 6.45) is -0.160. The van der Waals surface area contributed by atoms with Crippen LogP contribution in [0.5, 0.6) is 5.75 Å². The molecule has 3 rings (SSSR count). The number of halogens is 1. The molecule has 0 saturated heterocycles. The summed E-state index contributed by atoms with van der Waals surface area (Å²) in [6, 6.07) is 18.1. The highest BCUT2D eigenvalue weighted by Crippen LogP contribution is 2.25. The van der Waals surface area contributed by atoms with Crippen LogP contribution in [0.1, 0.15) is 24.4 Å². The van der Waals surface area contributed by atoms with Crippen molar-refractivity contribution in [2.45, 2.75) is 23.9 Å². The molecule has 0 N–H and O–H groups in total. The van der Waals surface area contributed by atoms with E-state index >= 15 is 0 Å². The minimum Gasteiger partial charge on any atom is -0.483 e. The first-order valence-corrected chi connectivity index (χ1v) is 9.39. The van der Waals surface area contributed by atoms with E-state index in [4.69, 9.17) is 4.74 Å². The molecule has 0 spiro atoms. The first-order chi connectivity index (χ1) is 11.6. The van der Waals surface area contributed by atoms with Crippen LogP contribution in [0.15, 0.2) is 64.2 Å². The molecule has 1 heterocycles. The van der Waals surface area contributed by atoms with Gasteiger partial charge in [0.25, 0.3) is 0 Å². The van der Waals surface area contributed by atoms with Crippen molar-refractivity contribution >= 4 is 27.7 Å². The van der Waals surface area contributed by atoms with E-state index in [0.717, 1.165) is 27.0 Å². The van der Waals surface area contributed by atoms with Crippen LogP contribution in [-0.4, -0.2) is 14.8 Å². The Balaban J connectivity index is 1.65. The van der Waals surface area contributed by atoms with Gasteiger partial charge in [0.2, 0.25) is 0 Å². The number of aromatic nitrogens is 3. The van der Waals surface area contributed by atoms with Gasteiger partial charge in [-0.1, -0.05) is 58.0 Å². The monoisotopic (exact) mass is 403 g/mol. The van der Waals surface area contributed by atoms with Gasteiger partial charge in [0.15, 0.2) is 17.1 Å². The van der Waals surface area contributed by atoms with Crippen LogP contribution in [0.25, 0.3) is 0 Å². The number of benzene rings is 2. The van der Waals surface area contributed by atoms with Crippen LogP contribution in [0, 0.1) is 0 Å². The van der Waals surface area contributed by atoms with Gasteiger partial charge in [0.1, 0.15) is 5.75 Å². The molecule has 0 saturated carbocycles. The number of hydrogen-bond acceptors (Lipinski definition) is 4. The lowest BCUT2D eigenvalue weighted by Crippen LogP contribution is -2.10. The highest BCUT2D eigenvalue weighted by atomic mass is 79.9. The van der Waals surface area contributed by atoms with Crippen LogP contribution in [-0.2, 0) is 12.8 Å². The largest absolute Gasteiger partial charge is 0.483 e. The van der Waals surface area contributed by atoms with Gasteiger partial charge in [-0.3, -0.25) is 0 Å². The Morgan fingerprint density at radius 3 is 2.50 bits per heavy atom. The molecule has 6 heteroatoms. The molecular formula is C18H18BrN3OS. The molecule has 0 amide bonds. The molecule has 0 fully saturated rings. The topological polar surface area (TPSA) is 39.9 Å². The van der Waals surface area contributed by atoms with Crippen molar-refractivity contribution in [3.8, 4) is 5.75 Å². The molecule has 2 aromatic carbocycles. The smallest absolute Gasteiger partial charge is 0.191 e. The molecule has 4 nitrogen and oxygen atoms in total. The molecule has 0 aliphatic heterocycles. The zero-order valence-corrected chi connectivity index (χ0v) is 15.9. The number of thioether (sulfide) groups is 1. The molecule has 0 bridgehead atoms. The Kier molecular flexibility index (Phi) is 5.58. The highest BCUT2D eigenvalue weighted by molar-refractivity contribution is 9.10. The van der Waals surface area contributed by atoms with E-state index in [-0.39, 0.29) is 6.10 Å². The molecule has 24 heavy (non-hydrogen) atoms. The van der Waals surface area contributed by atoms with Crippen molar-refractivity contribution in [2.75, 3.05) is 0 Å². The molecule has 0 aliphatic carbocycles. The molecule has 3 aromatic rings. The lowest BCUT2D eigenvalue weighted by atomic mass is 10.2. The van der Waals surface area contributed by atoms with Gasteiger partial charge in [0.05, 0.1) is 0 Å². The first-order valence-electron chi connectivity index (χ1n) is 7.61. The summed E-state index contributed by atoms with van der Waals surface area (Å²) >= 11 is 5.12. The summed E-state index contributed by atoms with van der Waals surface area (Å²) in [5, 5.41) is 9.48. The second kappa shape index (κ2) is 7.85. The molecule has 124 valence electrons. The van der Waals surface area contributed by atoms with Crippen LogP contribution in [0.4, 0.5) is 0 Å². The third-order valence-corrected chi connectivity index (χ3v) is 5.19. The van der Waals surface area contributed by atoms with Crippen LogP contribution >= 0.6 is 27.7 Å². The predicted molar refractivity (Wildman–Crippen MR) is 100 cm³/mol. The summed E-state index contributed by atoms with van der Waals surface area (Å²) in [5.41, 5.74) is 1.25. The van der Waals surface area contributed by atoms with E-state index in [0.29, 0.717) is 0 Å². The quantitative estimate of drug-likeness (QED) is 0.542. The molecule has 0 aliphatic rings. The van der Waals surface area contributed by atoms with Crippen molar-refractivity contribution in [1.82, 2.24) is 14.8 Å². The Morgan fingerprint density at radius 1 is 1.08 bits per heavy atom.